The predicted molar refractivity (Wildman–Crippen MR) is 81.4 cm³/mol. The summed E-state index contributed by atoms with van der Waals surface area (Å²) < 4.78 is 1.71. The number of aromatic carboxylic acids is 1. The fraction of sp³-hybridized carbons (Fsp3) is 0.312. The number of nitrogens with zero attached hydrogens (tertiary/aromatic N) is 3. The minimum Gasteiger partial charge on any atom is -0.478 e. The highest BCUT2D eigenvalue weighted by Crippen LogP contribution is 2.09. The van der Waals surface area contributed by atoms with Crippen molar-refractivity contribution in [2.45, 2.75) is 19.4 Å². The number of rotatable bonds is 6. The molecule has 0 aliphatic carbocycles. The van der Waals surface area contributed by atoms with Crippen LogP contribution >= 0.6 is 0 Å². The van der Waals surface area contributed by atoms with E-state index < -0.39 is 5.97 Å². The minimum absolute atomic E-state index is 0.0474. The van der Waals surface area contributed by atoms with Crippen LogP contribution in [-0.2, 0) is 24.8 Å². The van der Waals surface area contributed by atoms with Gasteiger partial charge in [0.1, 0.15) is 0 Å². The van der Waals surface area contributed by atoms with Crippen LogP contribution in [0.3, 0.4) is 0 Å². The normalized spacial score (nSPS) is 10.5. The third kappa shape index (κ3) is 4.18. The Kier molecular flexibility index (Phi) is 4.93. The monoisotopic (exact) mass is 301 g/mol. The van der Waals surface area contributed by atoms with Gasteiger partial charge in [-0.15, -0.1) is 0 Å². The zero-order chi connectivity index (χ0) is 16.1. The van der Waals surface area contributed by atoms with Crippen molar-refractivity contribution in [2.24, 2.45) is 7.05 Å². The Balaban J connectivity index is 1.85. The molecule has 0 radical (unpaired) electrons. The maximum atomic E-state index is 12.1. The van der Waals surface area contributed by atoms with Gasteiger partial charge in [0.05, 0.1) is 11.8 Å². The highest BCUT2D eigenvalue weighted by Gasteiger charge is 2.10. The molecule has 0 spiro atoms. The van der Waals surface area contributed by atoms with Crippen LogP contribution in [0.2, 0.25) is 0 Å². The van der Waals surface area contributed by atoms with Crippen molar-refractivity contribution in [3.05, 3.63) is 53.3 Å². The second-order valence-corrected chi connectivity index (χ2v) is 5.27. The maximum absolute atomic E-state index is 12.1. The second-order valence-electron chi connectivity index (χ2n) is 5.27. The van der Waals surface area contributed by atoms with Gasteiger partial charge >= 0.3 is 5.97 Å². The van der Waals surface area contributed by atoms with Crippen LogP contribution in [0, 0.1) is 0 Å². The number of amides is 1. The summed E-state index contributed by atoms with van der Waals surface area (Å²) in [4.78, 5) is 24.6. The molecule has 22 heavy (non-hydrogen) atoms. The molecule has 0 fully saturated rings. The van der Waals surface area contributed by atoms with Crippen molar-refractivity contribution in [1.82, 2.24) is 14.7 Å². The molecule has 1 aromatic carbocycles. The first-order chi connectivity index (χ1) is 10.5. The van der Waals surface area contributed by atoms with Crippen molar-refractivity contribution in [3.63, 3.8) is 0 Å². The van der Waals surface area contributed by atoms with Gasteiger partial charge in [0, 0.05) is 38.8 Å². The first-order valence-corrected chi connectivity index (χ1v) is 6.99. The summed E-state index contributed by atoms with van der Waals surface area (Å²) >= 11 is 0. The molecule has 0 saturated carbocycles. The van der Waals surface area contributed by atoms with Gasteiger partial charge in [0.15, 0.2) is 0 Å². The van der Waals surface area contributed by atoms with E-state index in [2.05, 4.69) is 5.10 Å². The first kappa shape index (κ1) is 15.8. The topological polar surface area (TPSA) is 75.4 Å². The van der Waals surface area contributed by atoms with Gasteiger partial charge < -0.3 is 10.0 Å². The lowest BCUT2D eigenvalue weighted by atomic mass is 10.1. The van der Waals surface area contributed by atoms with E-state index in [4.69, 9.17) is 5.11 Å². The molecule has 0 aliphatic heterocycles. The molecule has 1 amide bonds. The van der Waals surface area contributed by atoms with Gasteiger partial charge in [-0.1, -0.05) is 12.1 Å². The fourth-order valence-corrected chi connectivity index (χ4v) is 2.17. The molecule has 0 atom stereocenters. The molecular weight excluding hydrogens is 282 g/mol. The molecule has 0 unspecified atom stereocenters. The van der Waals surface area contributed by atoms with Crippen LogP contribution in [0.25, 0.3) is 0 Å². The molecule has 6 nitrogen and oxygen atoms in total. The molecule has 0 saturated heterocycles. The highest BCUT2D eigenvalue weighted by atomic mass is 16.4. The van der Waals surface area contributed by atoms with Crippen molar-refractivity contribution in [1.29, 1.82) is 0 Å². The van der Waals surface area contributed by atoms with Crippen LogP contribution in [0.15, 0.2) is 36.7 Å². The van der Waals surface area contributed by atoms with Gasteiger partial charge in [-0.2, -0.15) is 5.10 Å². The highest BCUT2D eigenvalue weighted by molar-refractivity contribution is 5.87. The number of carbonyl (C=O) groups is 2. The third-order valence-electron chi connectivity index (χ3n) is 3.43. The van der Waals surface area contributed by atoms with E-state index in [1.807, 2.05) is 13.2 Å². The van der Waals surface area contributed by atoms with Crippen LogP contribution in [0.1, 0.15) is 27.9 Å². The second kappa shape index (κ2) is 6.89. The van der Waals surface area contributed by atoms with E-state index in [0.717, 1.165) is 11.1 Å². The average molecular weight is 301 g/mol. The smallest absolute Gasteiger partial charge is 0.335 e. The van der Waals surface area contributed by atoms with Crippen LogP contribution in [0.5, 0.6) is 0 Å². The van der Waals surface area contributed by atoms with E-state index in [-0.39, 0.29) is 11.5 Å². The number of carboxylic acid groups (broad SMARTS) is 1. The number of carboxylic acids is 1. The Morgan fingerprint density at radius 2 is 1.91 bits per heavy atom. The molecule has 2 rings (SSSR count). The van der Waals surface area contributed by atoms with Gasteiger partial charge in [-0.25, -0.2) is 4.79 Å². The Bertz CT molecular complexity index is 662. The van der Waals surface area contributed by atoms with Gasteiger partial charge in [-0.3, -0.25) is 9.48 Å². The molecule has 2 aromatic rings. The molecule has 1 aromatic heterocycles. The Morgan fingerprint density at radius 3 is 2.45 bits per heavy atom. The number of aromatic nitrogens is 2. The lowest BCUT2D eigenvalue weighted by Gasteiger charge is -2.16. The number of hydrogen-bond acceptors (Lipinski definition) is 3. The molecular formula is C16H19N3O3. The van der Waals surface area contributed by atoms with Crippen LogP contribution in [0.4, 0.5) is 0 Å². The quantitative estimate of drug-likeness (QED) is 0.881. The lowest BCUT2D eigenvalue weighted by Crippen LogP contribution is -2.26. The molecule has 1 heterocycles. The lowest BCUT2D eigenvalue weighted by molar-refractivity contribution is -0.130. The summed E-state index contributed by atoms with van der Waals surface area (Å²) in [6.07, 6.45) is 4.61. The summed E-state index contributed by atoms with van der Waals surface area (Å²) in [7, 11) is 3.61. The summed E-state index contributed by atoms with van der Waals surface area (Å²) in [6, 6.07) is 6.61. The fourth-order valence-electron chi connectivity index (χ4n) is 2.17. The van der Waals surface area contributed by atoms with E-state index in [0.29, 0.717) is 19.4 Å². The predicted octanol–water partition coefficient (Wildman–Crippen LogP) is 1.71. The Morgan fingerprint density at radius 1 is 1.23 bits per heavy atom. The van der Waals surface area contributed by atoms with Crippen LogP contribution < -0.4 is 0 Å². The maximum Gasteiger partial charge on any atom is 0.335 e. The summed E-state index contributed by atoms with van der Waals surface area (Å²) in [5.74, 6) is -0.898. The summed E-state index contributed by atoms with van der Waals surface area (Å²) in [6.45, 7) is 0.532. The van der Waals surface area contributed by atoms with Crippen molar-refractivity contribution in [2.75, 3.05) is 7.05 Å². The number of carbonyl (C=O) groups excluding carboxylic acids is 1. The van der Waals surface area contributed by atoms with E-state index >= 15 is 0 Å². The largest absolute Gasteiger partial charge is 0.478 e. The average Bonchev–Trinajstić information content (AvgIpc) is 2.90. The van der Waals surface area contributed by atoms with E-state index in [1.54, 1.807) is 47.1 Å². The van der Waals surface area contributed by atoms with Gasteiger partial charge in [0.25, 0.3) is 0 Å². The zero-order valence-electron chi connectivity index (χ0n) is 12.7. The van der Waals surface area contributed by atoms with E-state index in [1.165, 1.54) is 0 Å². The number of benzene rings is 1. The van der Waals surface area contributed by atoms with Crippen molar-refractivity contribution in [3.8, 4) is 0 Å². The van der Waals surface area contributed by atoms with E-state index in [9.17, 15) is 9.59 Å². The van der Waals surface area contributed by atoms with Crippen LogP contribution in [-0.4, -0.2) is 38.7 Å². The molecule has 0 aliphatic rings. The number of hydrogen-bond donors (Lipinski definition) is 1. The third-order valence-corrected chi connectivity index (χ3v) is 3.43. The zero-order valence-corrected chi connectivity index (χ0v) is 12.7. The Labute approximate surface area is 129 Å². The molecule has 0 bridgehead atoms. The molecule has 6 heteroatoms. The summed E-state index contributed by atoms with van der Waals surface area (Å²) in [5.41, 5.74) is 2.20. The van der Waals surface area contributed by atoms with Gasteiger partial charge in [0.2, 0.25) is 5.91 Å². The summed E-state index contributed by atoms with van der Waals surface area (Å²) in [5, 5.41) is 12.9. The minimum atomic E-state index is -0.946. The van der Waals surface area contributed by atoms with Crippen molar-refractivity contribution >= 4 is 11.9 Å². The first-order valence-electron chi connectivity index (χ1n) is 6.99. The standard InChI is InChI=1S/C16H19N3O3/c1-18(10-13-9-17-19(2)11-13)15(20)8-5-12-3-6-14(7-4-12)16(21)22/h3-4,6-7,9,11H,5,8,10H2,1-2H3,(H,21,22). The van der Waals surface area contributed by atoms with Crippen molar-refractivity contribution < 1.29 is 14.7 Å². The molecule has 116 valence electrons. The number of aryl methyl sites for hydroxylation is 2. The SMILES string of the molecule is CN(Cc1cnn(C)c1)C(=O)CCc1ccc(C(=O)O)cc1. The van der Waals surface area contributed by atoms with Gasteiger partial charge in [-0.05, 0) is 24.1 Å². The Hall–Kier alpha value is -2.63. The molecule has 1 N–H and O–H groups in total.